The van der Waals surface area contributed by atoms with E-state index < -0.39 is 0 Å². The van der Waals surface area contributed by atoms with Crippen LogP contribution in [0.2, 0.25) is 0 Å². The van der Waals surface area contributed by atoms with Crippen LogP contribution >= 0.6 is 0 Å². The minimum absolute atomic E-state index is 0.000574. The molecule has 3 rings (SSSR count). The number of benzene rings is 1. The highest BCUT2D eigenvalue weighted by molar-refractivity contribution is 5.94. The zero-order valence-corrected chi connectivity index (χ0v) is 12.0. The van der Waals surface area contributed by atoms with E-state index >= 15 is 0 Å². The van der Waals surface area contributed by atoms with E-state index in [0.717, 1.165) is 25.9 Å². The van der Waals surface area contributed by atoms with Gasteiger partial charge < -0.3 is 15.4 Å². The second kappa shape index (κ2) is 6.43. The highest BCUT2D eigenvalue weighted by Crippen LogP contribution is 2.32. The summed E-state index contributed by atoms with van der Waals surface area (Å²) in [5, 5.41) is 6.13. The van der Waals surface area contributed by atoms with E-state index in [0.29, 0.717) is 24.0 Å². The Morgan fingerprint density at radius 2 is 2.05 bits per heavy atom. The third-order valence-electron chi connectivity index (χ3n) is 4.08. The summed E-state index contributed by atoms with van der Waals surface area (Å²) in [5.74, 6) is 0.693. The predicted molar refractivity (Wildman–Crippen MR) is 78.8 cm³/mol. The van der Waals surface area contributed by atoms with Crippen molar-refractivity contribution < 1.29 is 13.9 Å². The molecule has 1 amide bonds. The Hall–Kier alpha value is -1.62. The molecule has 4 nitrogen and oxygen atoms in total. The first-order valence-electron chi connectivity index (χ1n) is 7.66. The van der Waals surface area contributed by atoms with Crippen LogP contribution in [0.1, 0.15) is 25.7 Å². The van der Waals surface area contributed by atoms with Gasteiger partial charge in [0.05, 0.1) is 12.3 Å². The average molecular weight is 292 g/mol. The van der Waals surface area contributed by atoms with Gasteiger partial charge in [0, 0.05) is 12.0 Å². The molecule has 0 radical (unpaired) electrons. The first kappa shape index (κ1) is 14.3. The van der Waals surface area contributed by atoms with Crippen molar-refractivity contribution in [3.63, 3.8) is 0 Å². The van der Waals surface area contributed by atoms with Crippen molar-refractivity contribution >= 4 is 11.6 Å². The second-order valence-corrected chi connectivity index (χ2v) is 5.91. The van der Waals surface area contributed by atoms with Crippen LogP contribution in [-0.2, 0) is 4.79 Å². The van der Waals surface area contributed by atoms with Crippen LogP contribution in [0.25, 0.3) is 0 Å². The van der Waals surface area contributed by atoms with Crippen LogP contribution in [0.3, 0.4) is 0 Å². The van der Waals surface area contributed by atoms with Crippen LogP contribution < -0.4 is 15.4 Å². The van der Waals surface area contributed by atoms with Crippen molar-refractivity contribution in [3.8, 4) is 5.75 Å². The molecule has 0 atom stereocenters. The number of hydrogen-bond donors (Lipinski definition) is 2. The van der Waals surface area contributed by atoms with Crippen molar-refractivity contribution in [3.05, 3.63) is 24.0 Å². The van der Waals surface area contributed by atoms with Gasteiger partial charge in [-0.15, -0.1) is 0 Å². The molecule has 1 heterocycles. The molecule has 114 valence electrons. The van der Waals surface area contributed by atoms with Crippen molar-refractivity contribution in [1.29, 1.82) is 0 Å². The van der Waals surface area contributed by atoms with Crippen LogP contribution in [0.5, 0.6) is 5.75 Å². The third-order valence-corrected chi connectivity index (χ3v) is 4.08. The summed E-state index contributed by atoms with van der Waals surface area (Å²) < 4.78 is 19.0. The highest BCUT2D eigenvalue weighted by Gasteiger charge is 2.24. The first-order valence-corrected chi connectivity index (χ1v) is 7.66. The summed E-state index contributed by atoms with van der Waals surface area (Å²) in [6.07, 6.45) is 4.02. The number of halogens is 1. The molecule has 1 aliphatic heterocycles. The minimum Gasteiger partial charge on any atom is -0.491 e. The summed E-state index contributed by atoms with van der Waals surface area (Å²) in [6.45, 7) is 2.33. The molecule has 1 aromatic rings. The van der Waals surface area contributed by atoms with Gasteiger partial charge in [0.2, 0.25) is 5.91 Å². The summed E-state index contributed by atoms with van der Waals surface area (Å²) >= 11 is 0. The molecule has 2 fully saturated rings. The Morgan fingerprint density at radius 3 is 2.76 bits per heavy atom. The number of piperidine rings is 1. The molecule has 1 saturated heterocycles. The van der Waals surface area contributed by atoms with Gasteiger partial charge in [-0.1, -0.05) is 0 Å². The normalized spacial score (nSPS) is 19.3. The fraction of sp³-hybridized carbons (Fsp3) is 0.562. The summed E-state index contributed by atoms with van der Waals surface area (Å²) in [4.78, 5) is 12.3. The van der Waals surface area contributed by atoms with Crippen LogP contribution in [0, 0.1) is 17.7 Å². The fourth-order valence-corrected chi connectivity index (χ4v) is 2.53. The average Bonchev–Trinajstić information content (AvgIpc) is 3.32. The molecule has 21 heavy (non-hydrogen) atoms. The number of nitrogens with one attached hydrogen (secondary N) is 2. The van der Waals surface area contributed by atoms with Gasteiger partial charge in [0.15, 0.2) is 0 Å². The van der Waals surface area contributed by atoms with Crippen LogP contribution in [-0.4, -0.2) is 25.6 Å². The molecule has 2 aliphatic rings. The molecule has 0 bridgehead atoms. The molecule has 1 aromatic carbocycles. The molecule has 0 aromatic heterocycles. The van der Waals surface area contributed by atoms with E-state index in [1.807, 2.05) is 0 Å². The largest absolute Gasteiger partial charge is 0.491 e. The Balaban J connectivity index is 1.66. The fourth-order valence-electron chi connectivity index (χ4n) is 2.53. The topological polar surface area (TPSA) is 50.4 Å². The van der Waals surface area contributed by atoms with Gasteiger partial charge in [0.1, 0.15) is 11.6 Å². The Bertz CT molecular complexity index is 511. The number of carbonyl (C=O) groups is 1. The number of anilines is 1. The lowest BCUT2D eigenvalue weighted by molar-refractivity contribution is -0.120. The van der Waals surface area contributed by atoms with E-state index in [-0.39, 0.29) is 17.6 Å². The molecule has 1 aliphatic carbocycles. The predicted octanol–water partition coefficient (Wildman–Crippen LogP) is 2.55. The molecule has 0 unspecified atom stereocenters. The number of ether oxygens (including phenoxy) is 1. The molecule has 1 saturated carbocycles. The quantitative estimate of drug-likeness (QED) is 0.877. The van der Waals surface area contributed by atoms with E-state index in [1.54, 1.807) is 6.07 Å². The van der Waals surface area contributed by atoms with Gasteiger partial charge in [-0.25, -0.2) is 4.39 Å². The Labute approximate surface area is 124 Å². The van der Waals surface area contributed by atoms with Crippen LogP contribution in [0.4, 0.5) is 10.1 Å². The summed E-state index contributed by atoms with van der Waals surface area (Å²) in [6, 6.07) is 4.28. The summed E-state index contributed by atoms with van der Waals surface area (Å²) in [7, 11) is 0. The maximum atomic E-state index is 13.4. The smallest absolute Gasteiger partial charge is 0.227 e. The zero-order chi connectivity index (χ0) is 14.7. The van der Waals surface area contributed by atoms with Crippen molar-refractivity contribution in [2.45, 2.75) is 25.7 Å². The van der Waals surface area contributed by atoms with Crippen molar-refractivity contribution in [2.75, 3.05) is 25.0 Å². The standard InChI is InChI=1S/C16H21FN2O2/c17-13-3-4-14(15(9-13)21-10-11-1-2-11)19-16(20)12-5-7-18-8-6-12/h3-4,9,11-12,18H,1-2,5-8,10H2,(H,19,20). The molecular formula is C16H21FN2O2. The van der Waals surface area contributed by atoms with E-state index in [4.69, 9.17) is 4.74 Å². The van der Waals surface area contributed by atoms with Gasteiger partial charge in [0.25, 0.3) is 0 Å². The number of carbonyl (C=O) groups excluding carboxylic acids is 1. The second-order valence-electron chi connectivity index (χ2n) is 5.91. The summed E-state index contributed by atoms with van der Waals surface area (Å²) in [5.41, 5.74) is 0.570. The Kier molecular flexibility index (Phi) is 4.39. The first-order chi connectivity index (χ1) is 10.2. The minimum atomic E-state index is -0.347. The SMILES string of the molecule is O=C(Nc1ccc(F)cc1OCC1CC1)C1CCNCC1. The maximum absolute atomic E-state index is 13.4. The number of hydrogen-bond acceptors (Lipinski definition) is 3. The zero-order valence-electron chi connectivity index (χ0n) is 12.0. The lowest BCUT2D eigenvalue weighted by atomic mass is 9.97. The van der Waals surface area contributed by atoms with E-state index in [9.17, 15) is 9.18 Å². The monoisotopic (exact) mass is 292 g/mol. The van der Waals surface area contributed by atoms with Gasteiger partial charge in [-0.2, -0.15) is 0 Å². The number of amides is 1. The van der Waals surface area contributed by atoms with Crippen molar-refractivity contribution in [1.82, 2.24) is 5.32 Å². The maximum Gasteiger partial charge on any atom is 0.227 e. The molecule has 5 heteroatoms. The van der Waals surface area contributed by atoms with E-state index in [1.165, 1.54) is 25.0 Å². The molecule has 0 spiro atoms. The lowest BCUT2D eigenvalue weighted by Crippen LogP contribution is -2.34. The highest BCUT2D eigenvalue weighted by atomic mass is 19.1. The lowest BCUT2D eigenvalue weighted by Gasteiger charge is -2.22. The number of rotatable bonds is 5. The molecular weight excluding hydrogens is 271 g/mol. The van der Waals surface area contributed by atoms with Crippen molar-refractivity contribution in [2.24, 2.45) is 11.8 Å². The molecule has 2 N–H and O–H groups in total. The van der Waals surface area contributed by atoms with Gasteiger partial charge in [-0.3, -0.25) is 4.79 Å². The van der Waals surface area contributed by atoms with E-state index in [2.05, 4.69) is 10.6 Å². The van der Waals surface area contributed by atoms with Gasteiger partial charge >= 0.3 is 0 Å². The third kappa shape index (κ3) is 3.94. The van der Waals surface area contributed by atoms with Crippen LogP contribution in [0.15, 0.2) is 18.2 Å². The Morgan fingerprint density at radius 1 is 1.29 bits per heavy atom. The van der Waals surface area contributed by atoms with Gasteiger partial charge in [-0.05, 0) is 56.8 Å².